The van der Waals surface area contributed by atoms with Gasteiger partial charge in [0.2, 0.25) is 0 Å². The Kier molecular flexibility index (Phi) is 3.43. The lowest BCUT2D eigenvalue weighted by Crippen LogP contribution is -1.94. The van der Waals surface area contributed by atoms with Gasteiger partial charge in [-0.05, 0) is 18.2 Å². The monoisotopic (exact) mass is 298 g/mol. The van der Waals surface area contributed by atoms with E-state index >= 15 is 0 Å². The highest BCUT2D eigenvalue weighted by molar-refractivity contribution is 9.10. The van der Waals surface area contributed by atoms with Gasteiger partial charge < -0.3 is 4.74 Å². The first-order valence-corrected chi connectivity index (χ1v) is 5.70. The van der Waals surface area contributed by atoms with Crippen molar-refractivity contribution in [2.45, 2.75) is 0 Å². The largest absolute Gasteiger partial charge is 0.496 e. The Labute approximate surface area is 106 Å². The minimum atomic E-state index is -0.624. The number of rotatable bonds is 2. The van der Waals surface area contributed by atoms with Gasteiger partial charge in [-0.25, -0.2) is 8.78 Å². The van der Waals surface area contributed by atoms with E-state index in [2.05, 4.69) is 15.9 Å². The van der Waals surface area contributed by atoms with E-state index in [1.165, 1.54) is 19.2 Å². The third-order valence-corrected chi connectivity index (χ3v) is 2.84. The summed E-state index contributed by atoms with van der Waals surface area (Å²) in [6.07, 6.45) is 0. The molecule has 0 saturated carbocycles. The molecule has 0 radical (unpaired) electrons. The second kappa shape index (κ2) is 4.84. The molecule has 0 heterocycles. The van der Waals surface area contributed by atoms with Crippen molar-refractivity contribution >= 4 is 15.9 Å². The summed E-state index contributed by atoms with van der Waals surface area (Å²) in [6, 6.07) is 9.19. The lowest BCUT2D eigenvalue weighted by molar-refractivity contribution is 0.415. The highest BCUT2D eigenvalue weighted by Crippen LogP contribution is 2.34. The van der Waals surface area contributed by atoms with Gasteiger partial charge in [-0.1, -0.05) is 34.1 Å². The van der Waals surface area contributed by atoms with Crippen LogP contribution >= 0.6 is 15.9 Å². The number of halogens is 3. The summed E-state index contributed by atoms with van der Waals surface area (Å²) in [6.45, 7) is 0. The lowest BCUT2D eigenvalue weighted by Gasteiger charge is -2.10. The Morgan fingerprint density at radius 2 is 1.65 bits per heavy atom. The molecule has 0 bridgehead atoms. The number of ether oxygens (including phenoxy) is 1. The molecule has 2 rings (SSSR count). The van der Waals surface area contributed by atoms with Gasteiger partial charge >= 0.3 is 0 Å². The first-order valence-electron chi connectivity index (χ1n) is 4.91. The molecule has 0 unspecified atom stereocenters. The van der Waals surface area contributed by atoms with Crippen molar-refractivity contribution in [3.8, 4) is 16.9 Å². The van der Waals surface area contributed by atoms with Crippen LogP contribution in [0.5, 0.6) is 5.75 Å². The molecule has 0 aromatic heterocycles. The SMILES string of the molecule is COc1ccccc1-c1c(F)cc(Br)cc1F. The lowest BCUT2D eigenvalue weighted by atomic mass is 10.0. The third kappa shape index (κ3) is 2.31. The molecule has 4 heteroatoms. The maximum Gasteiger partial charge on any atom is 0.135 e. The standard InChI is InChI=1S/C13H9BrF2O/c1-17-12-5-3-2-4-9(12)13-10(15)6-8(14)7-11(13)16/h2-7H,1H3. The summed E-state index contributed by atoms with van der Waals surface area (Å²) < 4.78 is 33.0. The number of hydrogen-bond donors (Lipinski definition) is 0. The molecule has 0 saturated heterocycles. The van der Waals surface area contributed by atoms with Crippen LogP contribution in [0, 0.1) is 11.6 Å². The zero-order chi connectivity index (χ0) is 12.4. The molecule has 0 aliphatic carbocycles. The quantitative estimate of drug-likeness (QED) is 0.798. The van der Waals surface area contributed by atoms with Gasteiger partial charge in [-0.15, -0.1) is 0 Å². The first kappa shape index (κ1) is 12.0. The Hall–Kier alpha value is -1.42. The Morgan fingerprint density at radius 3 is 2.24 bits per heavy atom. The molecule has 88 valence electrons. The van der Waals surface area contributed by atoms with E-state index < -0.39 is 11.6 Å². The van der Waals surface area contributed by atoms with Gasteiger partial charge in [0.25, 0.3) is 0 Å². The first-order chi connectivity index (χ1) is 8.13. The minimum Gasteiger partial charge on any atom is -0.496 e. The number of hydrogen-bond acceptors (Lipinski definition) is 1. The molecule has 2 aromatic carbocycles. The van der Waals surface area contributed by atoms with Crippen molar-refractivity contribution in [2.75, 3.05) is 7.11 Å². The molecule has 0 fully saturated rings. The maximum absolute atomic E-state index is 13.8. The average molecular weight is 299 g/mol. The molecule has 0 N–H and O–H groups in total. The minimum absolute atomic E-state index is 0.0781. The van der Waals surface area contributed by atoms with Crippen molar-refractivity contribution in [2.24, 2.45) is 0 Å². The third-order valence-electron chi connectivity index (χ3n) is 2.38. The van der Waals surface area contributed by atoms with E-state index in [1.807, 2.05) is 0 Å². The molecular weight excluding hydrogens is 290 g/mol. The number of benzene rings is 2. The molecule has 0 amide bonds. The maximum atomic E-state index is 13.8. The topological polar surface area (TPSA) is 9.23 Å². The van der Waals surface area contributed by atoms with Crippen molar-refractivity contribution in [3.05, 3.63) is 52.5 Å². The summed E-state index contributed by atoms with van der Waals surface area (Å²) in [5.41, 5.74) is 0.322. The van der Waals surface area contributed by atoms with Crippen LogP contribution in [0.15, 0.2) is 40.9 Å². The smallest absolute Gasteiger partial charge is 0.135 e. The van der Waals surface area contributed by atoms with Crippen molar-refractivity contribution in [1.82, 2.24) is 0 Å². The number of para-hydroxylation sites is 1. The zero-order valence-corrected chi connectivity index (χ0v) is 10.6. The van der Waals surface area contributed by atoms with Gasteiger partial charge in [0.15, 0.2) is 0 Å². The Morgan fingerprint density at radius 1 is 1.06 bits per heavy atom. The molecular formula is C13H9BrF2O. The summed E-state index contributed by atoms with van der Waals surface area (Å²) in [4.78, 5) is 0. The normalized spacial score (nSPS) is 10.4. The van der Waals surface area contributed by atoms with Crippen molar-refractivity contribution in [3.63, 3.8) is 0 Å². The Balaban J connectivity index is 2.68. The van der Waals surface area contributed by atoms with Crippen LogP contribution in [0.4, 0.5) is 8.78 Å². The molecule has 0 spiro atoms. The summed E-state index contributed by atoms with van der Waals surface area (Å²) >= 11 is 3.04. The molecule has 0 atom stereocenters. The van der Waals surface area contributed by atoms with Crippen LogP contribution in [0.2, 0.25) is 0 Å². The van der Waals surface area contributed by atoms with Gasteiger partial charge in [0.05, 0.1) is 12.7 Å². The molecule has 2 aromatic rings. The van der Waals surface area contributed by atoms with Crippen LogP contribution in [0.1, 0.15) is 0 Å². The second-order valence-corrected chi connectivity index (χ2v) is 4.36. The van der Waals surface area contributed by atoms with Gasteiger partial charge in [0, 0.05) is 10.0 Å². The van der Waals surface area contributed by atoms with E-state index in [9.17, 15) is 8.78 Å². The summed E-state index contributed by atoms with van der Waals surface area (Å²) in [5, 5.41) is 0. The van der Waals surface area contributed by atoms with Gasteiger partial charge in [-0.2, -0.15) is 0 Å². The van der Waals surface area contributed by atoms with Gasteiger partial charge in [-0.3, -0.25) is 0 Å². The predicted octanol–water partition coefficient (Wildman–Crippen LogP) is 4.40. The van der Waals surface area contributed by atoms with E-state index in [0.717, 1.165) is 0 Å². The predicted molar refractivity (Wildman–Crippen MR) is 66.0 cm³/mol. The number of methoxy groups -OCH3 is 1. The van der Waals surface area contributed by atoms with E-state index in [1.54, 1.807) is 24.3 Å². The molecule has 0 aliphatic rings. The molecule has 0 aliphatic heterocycles. The van der Waals surface area contributed by atoms with Crippen LogP contribution in [-0.4, -0.2) is 7.11 Å². The molecule has 17 heavy (non-hydrogen) atoms. The molecule has 1 nitrogen and oxygen atoms in total. The summed E-state index contributed by atoms with van der Waals surface area (Å²) in [7, 11) is 1.47. The fourth-order valence-corrected chi connectivity index (χ4v) is 2.05. The Bertz CT molecular complexity index is 532. The fourth-order valence-electron chi connectivity index (χ4n) is 1.65. The fraction of sp³-hybridized carbons (Fsp3) is 0.0769. The highest BCUT2D eigenvalue weighted by atomic mass is 79.9. The average Bonchev–Trinajstić information content (AvgIpc) is 2.28. The van der Waals surface area contributed by atoms with Crippen LogP contribution in [0.3, 0.4) is 0 Å². The zero-order valence-electron chi connectivity index (χ0n) is 9.01. The van der Waals surface area contributed by atoms with Crippen molar-refractivity contribution < 1.29 is 13.5 Å². The van der Waals surface area contributed by atoms with E-state index in [0.29, 0.717) is 15.8 Å². The van der Waals surface area contributed by atoms with Crippen LogP contribution < -0.4 is 4.74 Å². The van der Waals surface area contributed by atoms with Crippen LogP contribution in [0.25, 0.3) is 11.1 Å². The van der Waals surface area contributed by atoms with Gasteiger partial charge in [0.1, 0.15) is 17.4 Å². The van der Waals surface area contributed by atoms with E-state index in [-0.39, 0.29) is 5.56 Å². The van der Waals surface area contributed by atoms with Crippen molar-refractivity contribution in [1.29, 1.82) is 0 Å². The van der Waals surface area contributed by atoms with E-state index in [4.69, 9.17) is 4.74 Å². The second-order valence-electron chi connectivity index (χ2n) is 3.44. The summed E-state index contributed by atoms with van der Waals surface area (Å²) in [5.74, 6) is -0.810. The highest BCUT2D eigenvalue weighted by Gasteiger charge is 2.15. The van der Waals surface area contributed by atoms with Crippen LogP contribution in [-0.2, 0) is 0 Å².